The maximum absolute atomic E-state index is 12.0. The molecule has 2 rings (SSSR count). The van der Waals surface area contributed by atoms with Crippen molar-refractivity contribution in [3.63, 3.8) is 0 Å². The first-order valence-electron chi connectivity index (χ1n) is 6.04. The van der Waals surface area contributed by atoms with Gasteiger partial charge in [0.25, 0.3) is 0 Å². The summed E-state index contributed by atoms with van der Waals surface area (Å²) >= 11 is 0. The van der Waals surface area contributed by atoms with Crippen LogP contribution >= 0.6 is 0 Å². The molecule has 1 aromatic rings. The summed E-state index contributed by atoms with van der Waals surface area (Å²) in [5, 5.41) is 5.79. The maximum Gasteiger partial charge on any atom is 0.242 e. The Balaban J connectivity index is 1.90. The molecule has 1 fully saturated rings. The molecule has 5 nitrogen and oxygen atoms in total. The van der Waals surface area contributed by atoms with Crippen LogP contribution in [-0.2, 0) is 9.59 Å². The van der Waals surface area contributed by atoms with Crippen molar-refractivity contribution in [3.8, 4) is 0 Å². The number of nitrogens with zero attached hydrogens (tertiary/aromatic N) is 1. The third-order valence-corrected chi connectivity index (χ3v) is 3.04. The highest BCUT2D eigenvalue weighted by Gasteiger charge is 2.28. The van der Waals surface area contributed by atoms with Crippen LogP contribution in [0.3, 0.4) is 0 Å². The number of benzene rings is 1. The predicted octanol–water partition coefficient (Wildman–Crippen LogP) is 0.445. The van der Waals surface area contributed by atoms with Gasteiger partial charge in [0.15, 0.2) is 0 Å². The monoisotopic (exact) mass is 247 g/mol. The van der Waals surface area contributed by atoms with Gasteiger partial charge in [-0.1, -0.05) is 18.2 Å². The van der Waals surface area contributed by atoms with Gasteiger partial charge in [0.2, 0.25) is 11.8 Å². The van der Waals surface area contributed by atoms with E-state index in [4.69, 9.17) is 0 Å². The number of hydrogen-bond acceptors (Lipinski definition) is 3. The summed E-state index contributed by atoms with van der Waals surface area (Å²) in [5.74, 6) is -0.143. The smallest absolute Gasteiger partial charge is 0.242 e. The second-order valence-corrected chi connectivity index (χ2v) is 4.27. The third kappa shape index (κ3) is 2.80. The van der Waals surface area contributed by atoms with Gasteiger partial charge in [-0.15, -0.1) is 0 Å². The molecule has 0 bridgehead atoms. The molecule has 1 aromatic carbocycles. The zero-order valence-electron chi connectivity index (χ0n) is 10.3. The molecule has 18 heavy (non-hydrogen) atoms. The third-order valence-electron chi connectivity index (χ3n) is 3.04. The zero-order chi connectivity index (χ0) is 13.0. The number of amides is 2. The van der Waals surface area contributed by atoms with E-state index in [-0.39, 0.29) is 24.4 Å². The fourth-order valence-corrected chi connectivity index (χ4v) is 1.96. The Morgan fingerprint density at radius 1 is 1.44 bits per heavy atom. The van der Waals surface area contributed by atoms with E-state index in [9.17, 15) is 9.59 Å². The molecule has 0 aromatic heterocycles. The highest BCUT2D eigenvalue weighted by Crippen LogP contribution is 2.07. The minimum atomic E-state index is -0.385. The lowest BCUT2D eigenvalue weighted by Gasteiger charge is -2.32. The first-order chi connectivity index (χ1) is 8.68. The number of carbonyl (C=O) groups is 2. The second-order valence-electron chi connectivity index (χ2n) is 4.27. The Morgan fingerprint density at radius 3 is 2.89 bits per heavy atom. The van der Waals surface area contributed by atoms with Crippen LogP contribution in [0.15, 0.2) is 30.3 Å². The topological polar surface area (TPSA) is 61.4 Å². The van der Waals surface area contributed by atoms with Gasteiger partial charge in [0.1, 0.15) is 6.04 Å². The summed E-state index contributed by atoms with van der Waals surface area (Å²) in [5.41, 5.74) is 0.903. The summed E-state index contributed by atoms with van der Waals surface area (Å²) in [6.45, 7) is 3.05. The van der Waals surface area contributed by atoms with Crippen molar-refractivity contribution in [1.82, 2.24) is 10.2 Å². The fourth-order valence-electron chi connectivity index (χ4n) is 1.96. The molecule has 1 atom stereocenters. The van der Waals surface area contributed by atoms with Crippen molar-refractivity contribution < 1.29 is 9.59 Å². The Hall–Kier alpha value is -2.04. The van der Waals surface area contributed by atoms with Gasteiger partial charge < -0.3 is 15.5 Å². The molecule has 2 amide bonds. The van der Waals surface area contributed by atoms with Gasteiger partial charge in [-0.2, -0.15) is 0 Å². The van der Waals surface area contributed by atoms with Crippen molar-refractivity contribution in [3.05, 3.63) is 30.3 Å². The molecule has 0 aliphatic carbocycles. The number of nitrogens with one attached hydrogen (secondary N) is 2. The molecule has 1 aliphatic rings. The van der Waals surface area contributed by atoms with E-state index in [1.165, 1.54) is 0 Å². The molecule has 1 heterocycles. The maximum atomic E-state index is 12.0. The molecule has 1 saturated heterocycles. The molecule has 0 saturated carbocycles. The van der Waals surface area contributed by atoms with Crippen LogP contribution in [0.2, 0.25) is 0 Å². The second kappa shape index (κ2) is 5.53. The van der Waals surface area contributed by atoms with Crippen molar-refractivity contribution >= 4 is 17.5 Å². The van der Waals surface area contributed by atoms with Crippen LogP contribution < -0.4 is 10.6 Å². The number of piperazine rings is 1. The van der Waals surface area contributed by atoms with Crippen molar-refractivity contribution in [2.24, 2.45) is 0 Å². The molecule has 0 spiro atoms. The van der Waals surface area contributed by atoms with Crippen LogP contribution in [0.25, 0.3) is 0 Å². The van der Waals surface area contributed by atoms with Gasteiger partial charge in [-0.25, -0.2) is 0 Å². The summed E-state index contributed by atoms with van der Waals surface area (Å²) in [4.78, 5) is 25.1. The van der Waals surface area contributed by atoms with Crippen LogP contribution in [0.4, 0.5) is 5.69 Å². The number of para-hydroxylation sites is 1. The van der Waals surface area contributed by atoms with Gasteiger partial charge in [0.05, 0.1) is 6.54 Å². The van der Waals surface area contributed by atoms with Crippen LogP contribution in [0, 0.1) is 0 Å². The lowest BCUT2D eigenvalue weighted by atomic mass is 10.2. The highest BCUT2D eigenvalue weighted by molar-refractivity contribution is 5.90. The lowest BCUT2D eigenvalue weighted by Crippen LogP contribution is -2.56. The normalized spacial score (nSPS) is 19.3. The molecule has 96 valence electrons. The van der Waals surface area contributed by atoms with Gasteiger partial charge >= 0.3 is 0 Å². The number of anilines is 1. The van der Waals surface area contributed by atoms with E-state index in [2.05, 4.69) is 10.6 Å². The zero-order valence-corrected chi connectivity index (χ0v) is 10.3. The Morgan fingerprint density at radius 2 is 2.17 bits per heavy atom. The minimum Gasteiger partial charge on any atom is -0.376 e. The van der Waals surface area contributed by atoms with E-state index in [0.717, 1.165) is 5.69 Å². The molecular weight excluding hydrogens is 230 g/mol. The van der Waals surface area contributed by atoms with E-state index >= 15 is 0 Å². The summed E-state index contributed by atoms with van der Waals surface area (Å²) in [7, 11) is 0. The number of hydrogen-bond donors (Lipinski definition) is 2. The molecule has 0 radical (unpaired) electrons. The summed E-state index contributed by atoms with van der Waals surface area (Å²) < 4.78 is 0. The average molecular weight is 247 g/mol. The quantitative estimate of drug-likeness (QED) is 0.815. The minimum absolute atomic E-state index is 0.0544. The average Bonchev–Trinajstić information content (AvgIpc) is 2.40. The first-order valence-corrected chi connectivity index (χ1v) is 6.04. The standard InChI is InChI=1S/C13H17N3O2/c1-10-13(18)14-7-8-16(10)12(17)9-15-11-5-3-2-4-6-11/h2-6,10,15H,7-9H2,1H3,(H,14,18)/t10-/m0/s1. The lowest BCUT2D eigenvalue weighted by molar-refractivity contribution is -0.141. The van der Waals surface area contributed by atoms with Crippen molar-refractivity contribution in [2.45, 2.75) is 13.0 Å². The van der Waals surface area contributed by atoms with Crippen molar-refractivity contribution in [1.29, 1.82) is 0 Å². The predicted molar refractivity (Wildman–Crippen MR) is 69.1 cm³/mol. The molecule has 5 heteroatoms. The Bertz CT molecular complexity index is 433. The number of rotatable bonds is 3. The fraction of sp³-hybridized carbons (Fsp3) is 0.385. The van der Waals surface area contributed by atoms with Crippen LogP contribution in [0.1, 0.15) is 6.92 Å². The molecule has 1 aliphatic heterocycles. The Labute approximate surface area is 106 Å². The summed E-state index contributed by atoms with van der Waals surface area (Å²) in [6.07, 6.45) is 0. The van der Waals surface area contributed by atoms with Gasteiger partial charge in [-0.05, 0) is 19.1 Å². The highest BCUT2D eigenvalue weighted by atomic mass is 16.2. The van der Waals surface area contributed by atoms with Crippen LogP contribution in [0.5, 0.6) is 0 Å². The van der Waals surface area contributed by atoms with Crippen molar-refractivity contribution in [2.75, 3.05) is 25.0 Å². The van der Waals surface area contributed by atoms with Gasteiger partial charge in [-0.3, -0.25) is 9.59 Å². The van der Waals surface area contributed by atoms with Gasteiger partial charge in [0, 0.05) is 18.8 Å². The SMILES string of the molecule is C[C@H]1C(=O)NCCN1C(=O)CNc1ccccc1. The van der Waals surface area contributed by atoms with Crippen LogP contribution in [-0.4, -0.2) is 42.4 Å². The van der Waals surface area contributed by atoms with E-state index in [1.807, 2.05) is 30.3 Å². The number of carbonyl (C=O) groups excluding carboxylic acids is 2. The Kier molecular flexibility index (Phi) is 3.82. The first kappa shape index (κ1) is 12.4. The largest absolute Gasteiger partial charge is 0.376 e. The molecule has 0 unspecified atom stereocenters. The molecule has 2 N–H and O–H groups in total. The van der Waals surface area contributed by atoms with E-state index in [0.29, 0.717) is 13.1 Å². The summed E-state index contributed by atoms with van der Waals surface area (Å²) in [6, 6.07) is 9.15. The van der Waals surface area contributed by atoms with E-state index < -0.39 is 0 Å². The van der Waals surface area contributed by atoms with E-state index in [1.54, 1.807) is 11.8 Å². The molecular formula is C13H17N3O2.